The maximum absolute atomic E-state index is 13.0. The molecule has 33 heavy (non-hydrogen) atoms. The number of amides is 1. The van der Waals surface area contributed by atoms with Crippen molar-refractivity contribution in [2.45, 2.75) is 12.1 Å². The van der Waals surface area contributed by atoms with E-state index in [4.69, 9.17) is 9.47 Å². The van der Waals surface area contributed by atoms with Crippen molar-refractivity contribution in [1.82, 2.24) is 5.32 Å². The summed E-state index contributed by atoms with van der Waals surface area (Å²) in [6, 6.07) is 19.3. The number of rotatable bonds is 6. The summed E-state index contributed by atoms with van der Waals surface area (Å²) in [6.45, 7) is 0.279. The molecule has 4 nitrogen and oxygen atoms in total. The number of alkyl carbamates (subject to hydrolysis) is 1. The molecule has 0 heterocycles. The van der Waals surface area contributed by atoms with E-state index >= 15 is 0 Å². The van der Waals surface area contributed by atoms with Crippen molar-refractivity contribution in [2.75, 3.05) is 20.3 Å². The van der Waals surface area contributed by atoms with Crippen LogP contribution in [-0.2, 0) is 10.9 Å². The van der Waals surface area contributed by atoms with Gasteiger partial charge in [-0.15, -0.1) is 0 Å². The molecule has 3 aromatic carbocycles. The number of methoxy groups -OCH3 is 1. The highest BCUT2D eigenvalue weighted by atomic mass is 19.4. The van der Waals surface area contributed by atoms with E-state index in [1.165, 1.54) is 19.3 Å². The van der Waals surface area contributed by atoms with Gasteiger partial charge < -0.3 is 14.8 Å². The van der Waals surface area contributed by atoms with E-state index in [-0.39, 0.29) is 24.6 Å². The van der Waals surface area contributed by atoms with Crippen LogP contribution in [0.4, 0.5) is 18.0 Å². The standard InChI is InChI=1S/C26H22F3NO3/c1-32-24-13-12-18(26(27,28)29)15-17(24)7-6-14-30-25(31)33-16-23-21-10-4-2-8-19(21)20-9-3-5-11-22(20)23/h2-13,15,23H,14,16H2,1H3,(H,30,31). The fraction of sp³-hybridized carbons (Fsp3) is 0.192. The van der Waals surface area contributed by atoms with Gasteiger partial charge in [-0.25, -0.2) is 4.79 Å². The molecular formula is C26H22F3NO3. The Labute approximate surface area is 189 Å². The Morgan fingerprint density at radius 2 is 1.64 bits per heavy atom. The Bertz CT molecular complexity index is 1140. The van der Waals surface area contributed by atoms with Crippen LogP contribution in [0.5, 0.6) is 5.75 Å². The van der Waals surface area contributed by atoms with Gasteiger partial charge in [-0.2, -0.15) is 13.2 Å². The molecule has 7 heteroatoms. The Hall–Kier alpha value is -3.74. The Morgan fingerprint density at radius 1 is 1.00 bits per heavy atom. The number of fused-ring (bicyclic) bond motifs is 3. The fourth-order valence-corrected chi connectivity index (χ4v) is 4.02. The first-order valence-electron chi connectivity index (χ1n) is 10.4. The van der Waals surface area contributed by atoms with Gasteiger partial charge in [0.1, 0.15) is 12.4 Å². The van der Waals surface area contributed by atoms with Crippen LogP contribution in [0, 0.1) is 0 Å². The largest absolute Gasteiger partial charge is 0.496 e. The first-order valence-corrected chi connectivity index (χ1v) is 10.4. The van der Waals surface area contributed by atoms with Crippen molar-refractivity contribution in [2.24, 2.45) is 0 Å². The predicted octanol–water partition coefficient (Wildman–Crippen LogP) is 6.27. The van der Waals surface area contributed by atoms with Crippen molar-refractivity contribution in [3.05, 3.63) is 95.1 Å². The van der Waals surface area contributed by atoms with Crippen LogP contribution in [0.3, 0.4) is 0 Å². The molecule has 0 unspecified atom stereocenters. The van der Waals surface area contributed by atoms with E-state index in [0.717, 1.165) is 34.4 Å². The molecule has 170 valence electrons. The first kappa shape index (κ1) is 22.5. The maximum atomic E-state index is 13.0. The Balaban J connectivity index is 1.35. The minimum atomic E-state index is -4.45. The van der Waals surface area contributed by atoms with Crippen molar-refractivity contribution in [3.63, 3.8) is 0 Å². The van der Waals surface area contributed by atoms with E-state index in [2.05, 4.69) is 17.4 Å². The molecule has 4 rings (SSSR count). The lowest BCUT2D eigenvalue weighted by atomic mass is 9.98. The van der Waals surface area contributed by atoms with Gasteiger partial charge in [0.2, 0.25) is 0 Å². The van der Waals surface area contributed by atoms with Gasteiger partial charge in [-0.05, 0) is 40.5 Å². The number of alkyl halides is 3. The van der Waals surface area contributed by atoms with Crippen LogP contribution in [0.15, 0.2) is 72.8 Å². The van der Waals surface area contributed by atoms with Gasteiger partial charge in [-0.1, -0.05) is 60.7 Å². The lowest BCUT2D eigenvalue weighted by Crippen LogP contribution is -2.26. The summed E-state index contributed by atoms with van der Waals surface area (Å²) in [6.07, 6.45) is -2.04. The van der Waals surface area contributed by atoms with E-state index in [0.29, 0.717) is 5.75 Å². The minimum Gasteiger partial charge on any atom is -0.496 e. The smallest absolute Gasteiger partial charge is 0.416 e. The minimum absolute atomic E-state index is 0.0481. The molecule has 0 bridgehead atoms. The molecule has 0 atom stereocenters. The van der Waals surface area contributed by atoms with Gasteiger partial charge in [-0.3, -0.25) is 0 Å². The topological polar surface area (TPSA) is 47.6 Å². The van der Waals surface area contributed by atoms with Crippen LogP contribution in [-0.4, -0.2) is 26.4 Å². The Morgan fingerprint density at radius 3 is 2.24 bits per heavy atom. The van der Waals surface area contributed by atoms with E-state index in [1.807, 2.05) is 36.4 Å². The summed E-state index contributed by atoms with van der Waals surface area (Å²) in [5.41, 5.74) is 4.00. The van der Waals surface area contributed by atoms with Gasteiger partial charge in [0.05, 0.1) is 12.7 Å². The zero-order valence-corrected chi connectivity index (χ0v) is 17.9. The van der Waals surface area contributed by atoms with E-state index < -0.39 is 17.8 Å². The van der Waals surface area contributed by atoms with Crippen molar-refractivity contribution in [1.29, 1.82) is 0 Å². The summed E-state index contributed by atoms with van der Waals surface area (Å²) in [5, 5.41) is 2.60. The van der Waals surface area contributed by atoms with Crippen LogP contribution in [0.25, 0.3) is 17.2 Å². The molecule has 0 aromatic heterocycles. The summed E-state index contributed by atoms with van der Waals surface area (Å²) >= 11 is 0. The van der Waals surface area contributed by atoms with Crippen LogP contribution < -0.4 is 10.1 Å². The number of carbonyl (C=O) groups is 1. The van der Waals surface area contributed by atoms with Crippen molar-refractivity contribution in [3.8, 4) is 16.9 Å². The van der Waals surface area contributed by atoms with Crippen LogP contribution >= 0.6 is 0 Å². The molecule has 0 aliphatic heterocycles. The molecule has 0 fully saturated rings. The van der Waals surface area contributed by atoms with Gasteiger partial charge in [0.15, 0.2) is 0 Å². The molecule has 0 radical (unpaired) electrons. The molecule has 1 amide bonds. The van der Waals surface area contributed by atoms with Gasteiger partial charge in [0.25, 0.3) is 0 Å². The Kier molecular flexibility index (Phi) is 6.40. The zero-order chi connectivity index (χ0) is 23.4. The van der Waals surface area contributed by atoms with Gasteiger partial charge in [0, 0.05) is 18.0 Å². The molecule has 0 saturated heterocycles. The average Bonchev–Trinajstić information content (AvgIpc) is 3.13. The predicted molar refractivity (Wildman–Crippen MR) is 120 cm³/mol. The lowest BCUT2D eigenvalue weighted by molar-refractivity contribution is -0.137. The second-order valence-corrected chi connectivity index (χ2v) is 7.56. The number of benzene rings is 3. The fourth-order valence-electron chi connectivity index (χ4n) is 4.02. The highest BCUT2D eigenvalue weighted by Gasteiger charge is 2.31. The number of carbonyl (C=O) groups excluding carboxylic acids is 1. The third-order valence-electron chi connectivity index (χ3n) is 5.56. The molecule has 1 N–H and O–H groups in total. The van der Waals surface area contributed by atoms with Crippen LogP contribution in [0.2, 0.25) is 0 Å². The molecular weight excluding hydrogens is 431 g/mol. The average molecular weight is 453 g/mol. The number of nitrogens with one attached hydrogen (secondary N) is 1. The highest BCUT2D eigenvalue weighted by Crippen LogP contribution is 2.44. The summed E-state index contributed by atoms with van der Waals surface area (Å²) < 4.78 is 49.4. The highest BCUT2D eigenvalue weighted by molar-refractivity contribution is 5.79. The zero-order valence-electron chi connectivity index (χ0n) is 17.9. The number of ether oxygens (including phenoxy) is 2. The first-order chi connectivity index (χ1) is 15.9. The SMILES string of the molecule is COc1ccc(C(F)(F)F)cc1C=CCNC(=O)OCC1c2ccccc2-c2ccccc21. The third kappa shape index (κ3) is 4.87. The normalized spacial score (nSPS) is 13.0. The second-order valence-electron chi connectivity index (χ2n) is 7.56. The molecule has 3 aromatic rings. The monoisotopic (exact) mass is 453 g/mol. The summed E-state index contributed by atoms with van der Waals surface area (Å²) in [7, 11) is 1.38. The number of halogens is 3. The van der Waals surface area contributed by atoms with Gasteiger partial charge >= 0.3 is 12.3 Å². The van der Waals surface area contributed by atoms with E-state index in [1.54, 1.807) is 6.08 Å². The van der Waals surface area contributed by atoms with Crippen LogP contribution in [0.1, 0.15) is 28.2 Å². The quantitative estimate of drug-likeness (QED) is 0.479. The number of hydrogen-bond acceptors (Lipinski definition) is 3. The molecule has 1 aliphatic rings. The molecule has 0 spiro atoms. The van der Waals surface area contributed by atoms with E-state index in [9.17, 15) is 18.0 Å². The molecule has 1 aliphatic carbocycles. The summed E-state index contributed by atoms with van der Waals surface area (Å²) in [5.74, 6) is 0.258. The lowest BCUT2D eigenvalue weighted by Gasteiger charge is -2.14. The maximum Gasteiger partial charge on any atom is 0.416 e. The molecule has 0 saturated carbocycles. The third-order valence-corrected chi connectivity index (χ3v) is 5.56. The van der Waals surface area contributed by atoms with Crippen molar-refractivity contribution >= 4 is 12.2 Å². The number of hydrogen-bond donors (Lipinski definition) is 1. The second kappa shape index (κ2) is 9.40. The summed E-state index contributed by atoms with van der Waals surface area (Å²) in [4.78, 5) is 12.2. The van der Waals surface area contributed by atoms with Crippen molar-refractivity contribution < 1.29 is 27.4 Å².